The predicted octanol–water partition coefficient (Wildman–Crippen LogP) is 3.16. The van der Waals surface area contributed by atoms with Crippen molar-refractivity contribution in [3.8, 4) is 17.2 Å². The number of aryl methyl sites for hydroxylation is 1. The lowest BCUT2D eigenvalue weighted by molar-refractivity contribution is 0.0299. The minimum Gasteiger partial charge on any atom is -0.378 e. The number of aromatic nitrogens is 1. The zero-order valence-electron chi connectivity index (χ0n) is 13.3. The van der Waals surface area contributed by atoms with Gasteiger partial charge < -0.3 is 9.64 Å². The number of nitrogens with zero attached hydrogens (tertiary/aromatic N) is 3. The number of benzene rings is 1. The van der Waals surface area contributed by atoms with Crippen molar-refractivity contribution in [1.29, 1.82) is 5.26 Å². The molecule has 3 rings (SSSR count). The molecule has 1 aliphatic heterocycles. The van der Waals surface area contributed by atoms with Crippen molar-refractivity contribution in [2.75, 3.05) is 26.3 Å². The first-order valence-electron chi connectivity index (χ1n) is 7.65. The number of carbonyl (C=O) groups is 1. The highest BCUT2D eigenvalue weighted by Gasteiger charge is 2.22. The molecule has 2 aromatic rings. The molecular formula is C18H16BrN3O2. The van der Waals surface area contributed by atoms with Crippen molar-refractivity contribution in [1.82, 2.24) is 9.88 Å². The summed E-state index contributed by atoms with van der Waals surface area (Å²) in [6, 6.07) is 11.6. The van der Waals surface area contributed by atoms with E-state index in [0.29, 0.717) is 43.3 Å². The third-order valence-electron chi connectivity index (χ3n) is 3.98. The number of amides is 1. The maximum Gasteiger partial charge on any atom is 0.272 e. The molecule has 0 aliphatic carbocycles. The van der Waals surface area contributed by atoms with Gasteiger partial charge in [0.25, 0.3) is 5.91 Å². The van der Waals surface area contributed by atoms with Crippen molar-refractivity contribution in [3.63, 3.8) is 0 Å². The van der Waals surface area contributed by atoms with E-state index < -0.39 is 0 Å². The number of ether oxygens (including phenoxy) is 1. The van der Waals surface area contributed by atoms with Gasteiger partial charge in [-0.2, -0.15) is 5.26 Å². The van der Waals surface area contributed by atoms with Crippen LogP contribution in [-0.4, -0.2) is 42.1 Å². The van der Waals surface area contributed by atoms with Crippen molar-refractivity contribution in [3.05, 3.63) is 51.8 Å². The van der Waals surface area contributed by atoms with Crippen LogP contribution in [0.5, 0.6) is 0 Å². The van der Waals surface area contributed by atoms with Gasteiger partial charge in [0, 0.05) is 23.1 Å². The van der Waals surface area contributed by atoms with Gasteiger partial charge in [-0.05, 0) is 30.7 Å². The maximum atomic E-state index is 12.7. The molecule has 2 heterocycles. The average Bonchev–Trinajstić information content (AvgIpc) is 2.62. The topological polar surface area (TPSA) is 66.2 Å². The molecule has 24 heavy (non-hydrogen) atoms. The third-order valence-corrected chi connectivity index (χ3v) is 4.51. The number of morpholine rings is 1. The number of halogens is 1. The Labute approximate surface area is 149 Å². The molecule has 1 fully saturated rings. The average molecular weight is 386 g/mol. The summed E-state index contributed by atoms with van der Waals surface area (Å²) in [5.41, 5.74) is 3.04. The minimum absolute atomic E-state index is 0.121. The van der Waals surface area contributed by atoms with Gasteiger partial charge in [-0.1, -0.05) is 28.1 Å². The Morgan fingerprint density at radius 3 is 2.58 bits per heavy atom. The largest absolute Gasteiger partial charge is 0.378 e. The first-order chi connectivity index (χ1) is 11.6. The van der Waals surface area contributed by atoms with Crippen LogP contribution in [0.1, 0.15) is 21.7 Å². The van der Waals surface area contributed by atoms with Crippen LogP contribution in [-0.2, 0) is 4.74 Å². The highest BCUT2D eigenvalue weighted by Crippen LogP contribution is 2.27. The Kier molecular flexibility index (Phi) is 4.93. The fourth-order valence-electron chi connectivity index (χ4n) is 2.71. The lowest BCUT2D eigenvalue weighted by Crippen LogP contribution is -2.41. The number of nitriles is 1. The number of rotatable bonds is 2. The van der Waals surface area contributed by atoms with Crippen LogP contribution in [0.2, 0.25) is 0 Å². The van der Waals surface area contributed by atoms with E-state index in [4.69, 9.17) is 4.74 Å². The second-order valence-electron chi connectivity index (χ2n) is 5.54. The Hall–Kier alpha value is -2.23. The molecule has 0 spiro atoms. The van der Waals surface area contributed by atoms with Crippen LogP contribution in [0.3, 0.4) is 0 Å². The van der Waals surface area contributed by atoms with E-state index in [1.807, 2.05) is 24.3 Å². The van der Waals surface area contributed by atoms with E-state index in [1.54, 1.807) is 17.9 Å². The summed E-state index contributed by atoms with van der Waals surface area (Å²) in [4.78, 5) is 18.8. The normalized spacial score (nSPS) is 14.3. The van der Waals surface area contributed by atoms with Gasteiger partial charge >= 0.3 is 0 Å². The lowest BCUT2D eigenvalue weighted by atomic mass is 9.98. The second-order valence-corrected chi connectivity index (χ2v) is 6.45. The highest BCUT2D eigenvalue weighted by atomic mass is 79.9. The van der Waals surface area contributed by atoms with Crippen LogP contribution in [0.25, 0.3) is 11.1 Å². The Balaban J connectivity index is 2.04. The molecule has 0 radical (unpaired) electrons. The molecule has 0 saturated carbocycles. The van der Waals surface area contributed by atoms with Crippen LogP contribution < -0.4 is 0 Å². The Bertz CT molecular complexity index is 806. The fraction of sp³-hybridized carbons (Fsp3) is 0.278. The third kappa shape index (κ3) is 3.32. The van der Waals surface area contributed by atoms with Gasteiger partial charge in [-0.3, -0.25) is 4.79 Å². The van der Waals surface area contributed by atoms with Gasteiger partial charge in [0.15, 0.2) is 0 Å². The molecule has 1 aromatic heterocycles. The fourth-order valence-corrected chi connectivity index (χ4v) is 2.97. The molecule has 1 aromatic carbocycles. The van der Waals surface area contributed by atoms with E-state index in [0.717, 1.165) is 15.6 Å². The molecule has 6 heteroatoms. The number of carbonyl (C=O) groups excluding carboxylic acids is 1. The van der Waals surface area contributed by atoms with E-state index in [-0.39, 0.29) is 5.91 Å². The molecule has 5 nitrogen and oxygen atoms in total. The van der Waals surface area contributed by atoms with E-state index in [9.17, 15) is 10.1 Å². The zero-order valence-corrected chi connectivity index (χ0v) is 14.8. The molecule has 1 aliphatic rings. The molecule has 0 N–H and O–H groups in total. The van der Waals surface area contributed by atoms with Gasteiger partial charge in [0.05, 0.1) is 24.5 Å². The van der Waals surface area contributed by atoms with Crippen molar-refractivity contribution < 1.29 is 9.53 Å². The number of hydrogen-bond donors (Lipinski definition) is 0. The van der Waals surface area contributed by atoms with Gasteiger partial charge in [-0.25, -0.2) is 4.98 Å². The number of pyridine rings is 1. The lowest BCUT2D eigenvalue weighted by Gasteiger charge is -2.26. The highest BCUT2D eigenvalue weighted by molar-refractivity contribution is 9.10. The molecular weight excluding hydrogens is 370 g/mol. The second kappa shape index (κ2) is 7.12. The van der Waals surface area contributed by atoms with E-state index in [2.05, 4.69) is 27.0 Å². The molecule has 0 bridgehead atoms. The van der Waals surface area contributed by atoms with Gasteiger partial charge in [0.1, 0.15) is 11.8 Å². The number of hydrogen-bond acceptors (Lipinski definition) is 4. The zero-order chi connectivity index (χ0) is 17.1. The monoisotopic (exact) mass is 385 g/mol. The molecule has 0 atom stereocenters. The van der Waals surface area contributed by atoms with E-state index in [1.165, 1.54) is 0 Å². The standard InChI is InChI=1S/C18H16BrN3O2/c1-12-16(11-20)15(13-2-4-14(19)5-3-13)10-17(21-12)18(23)22-6-8-24-9-7-22/h2-5,10H,6-9H2,1H3. The summed E-state index contributed by atoms with van der Waals surface area (Å²) in [6.07, 6.45) is 0. The quantitative estimate of drug-likeness (QED) is 0.795. The molecule has 0 unspecified atom stereocenters. The van der Waals surface area contributed by atoms with Crippen LogP contribution in [0, 0.1) is 18.3 Å². The molecule has 1 saturated heterocycles. The van der Waals surface area contributed by atoms with Gasteiger partial charge in [-0.15, -0.1) is 0 Å². The summed E-state index contributed by atoms with van der Waals surface area (Å²) < 4.78 is 6.25. The predicted molar refractivity (Wildman–Crippen MR) is 93.5 cm³/mol. The van der Waals surface area contributed by atoms with Crippen LogP contribution >= 0.6 is 15.9 Å². The first kappa shape index (κ1) is 16.6. The summed E-state index contributed by atoms with van der Waals surface area (Å²) in [5, 5.41) is 9.48. The molecule has 122 valence electrons. The van der Waals surface area contributed by atoms with Crippen molar-refractivity contribution in [2.24, 2.45) is 0 Å². The summed E-state index contributed by atoms with van der Waals surface area (Å²) in [6.45, 7) is 3.97. The van der Waals surface area contributed by atoms with Gasteiger partial charge in [0.2, 0.25) is 0 Å². The summed E-state index contributed by atoms with van der Waals surface area (Å²) in [7, 11) is 0. The Morgan fingerprint density at radius 1 is 1.29 bits per heavy atom. The smallest absolute Gasteiger partial charge is 0.272 e. The summed E-state index contributed by atoms with van der Waals surface area (Å²) in [5.74, 6) is -0.121. The van der Waals surface area contributed by atoms with Crippen molar-refractivity contribution in [2.45, 2.75) is 6.92 Å². The molecule has 1 amide bonds. The SMILES string of the molecule is Cc1nc(C(=O)N2CCOCC2)cc(-c2ccc(Br)cc2)c1C#N. The summed E-state index contributed by atoms with van der Waals surface area (Å²) >= 11 is 3.41. The van der Waals surface area contributed by atoms with Crippen LogP contribution in [0.15, 0.2) is 34.8 Å². The Morgan fingerprint density at radius 2 is 1.96 bits per heavy atom. The minimum atomic E-state index is -0.121. The van der Waals surface area contributed by atoms with E-state index >= 15 is 0 Å². The first-order valence-corrected chi connectivity index (χ1v) is 8.44. The van der Waals surface area contributed by atoms with Crippen LogP contribution in [0.4, 0.5) is 0 Å². The maximum absolute atomic E-state index is 12.7. The van der Waals surface area contributed by atoms with Crippen molar-refractivity contribution >= 4 is 21.8 Å².